The van der Waals surface area contributed by atoms with Crippen LogP contribution < -0.4 is 5.32 Å². The minimum atomic E-state index is -0.431. The first kappa shape index (κ1) is 23.4. The largest absolute Gasteiger partial charge is 0.356 e. The highest BCUT2D eigenvalue weighted by Gasteiger charge is 2.37. The van der Waals surface area contributed by atoms with Gasteiger partial charge < -0.3 is 15.2 Å². The van der Waals surface area contributed by atoms with E-state index in [0.717, 1.165) is 16.8 Å². The minimum absolute atomic E-state index is 0.00258. The van der Waals surface area contributed by atoms with Crippen molar-refractivity contribution in [2.45, 2.75) is 52.5 Å². The van der Waals surface area contributed by atoms with Crippen LogP contribution in [0.2, 0.25) is 5.02 Å². The Bertz CT molecular complexity index is 1180. The van der Waals surface area contributed by atoms with Gasteiger partial charge in [-0.05, 0) is 36.6 Å². The van der Waals surface area contributed by atoms with Crippen molar-refractivity contribution < 1.29 is 9.59 Å². The van der Waals surface area contributed by atoms with E-state index >= 15 is 0 Å². The molecule has 0 aliphatic carbocycles. The first-order valence-corrected chi connectivity index (χ1v) is 12.0. The van der Waals surface area contributed by atoms with Gasteiger partial charge in [0, 0.05) is 52.5 Å². The molecule has 33 heavy (non-hydrogen) atoms. The molecule has 2 N–H and O–H groups in total. The van der Waals surface area contributed by atoms with Crippen LogP contribution in [0.1, 0.15) is 69.3 Å². The van der Waals surface area contributed by atoms with Gasteiger partial charge in [0.05, 0.1) is 6.04 Å². The normalized spacial score (nSPS) is 18.3. The number of nitrogens with zero attached hydrogens (tertiary/aromatic N) is 1. The van der Waals surface area contributed by atoms with E-state index in [4.69, 9.17) is 11.6 Å². The van der Waals surface area contributed by atoms with Crippen LogP contribution in [0.25, 0.3) is 10.9 Å². The Morgan fingerprint density at radius 2 is 1.82 bits per heavy atom. The second-order valence-corrected chi connectivity index (χ2v) is 10.3. The molecule has 6 heteroatoms. The maximum Gasteiger partial charge on any atom is 0.225 e. The van der Waals surface area contributed by atoms with Gasteiger partial charge in [0.15, 0.2) is 0 Å². The van der Waals surface area contributed by atoms with E-state index in [0.29, 0.717) is 31.0 Å². The van der Waals surface area contributed by atoms with Gasteiger partial charge in [0.2, 0.25) is 11.8 Å². The highest BCUT2D eigenvalue weighted by Crippen LogP contribution is 2.44. The molecule has 174 valence electrons. The van der Waals surface area contributed by atoms with Crippen LogP contribution in [-0.2, 0) is 9.59 Å². The fourth-order valence-corrected chi connectivity index (χ4v) is 4.94. The molecule has 5 nitrogen and oxygen atoms in total. The molecular weight excluding hydrogens is 434 g/mol. The van der Waals surface area contributed by atoms with Crippen LogP contribution >= 0.6 is 11.6 Å². The molecule has 2 unspecified atom stereocenters. The Morgan fingerprint density at radius 1 is 1.12 bits per heavy atom. The van der Waals surface area contributed by atoms with Crippen molar-refractivity contribution >= 4 is 34.3 Å². The first-order chi connectivity index (χ1) is 15.7. The zero-order chi connectivity index (χ0) is 23.8. The fourth-order valence-electron chi connectivity index (χ4n) is 4.67. The van der Waals surface area contributed by atoms with Crippen LogP contribution in [0.3, 0.4) is 0 Å². The number of halogens is 1. The molecule has 0 bridgehead atoms. The van der Waals surface area contributed by atoms with Crippen LogP contribution in [0, 0.1) is 5.41 Å². The predicted molar refractivity (Wildman–Crippen MR) is 133 cm³/mol. The molecule has 0 radical (unpaired) electrons. The number of carbonyl (C=O) groups is 2. The van der Waals surface area contributed by atoms with Crippen molar-refractivity contribution in [3.05, 3.63) is 70.4 Å². The van der Waals surface area contributed by atoms with E-state index in [1.54, 1.807) is 0 Å². The molecule has 2 amide bonds. The van der Waals surface area contributed by atoms with Gasteiger partial charge in [-0.1, -0.05) is 68.8 Å². The monoisotopic (exact) mass is 465 g/mol. The van der Waals surface area contributed by atoms with Crippen molar-refractivity contribution in [2.75, 3.05) is 13.1 Å². The number of fused-ring (bicyclic) bond motifs is 3. The SMILES string of the molecule is CC1c2[nH]c3ccccc3c2C(c2ccccc2Cl)CN1C(=O)CCCNC(=O)C(C)(C)C. The Kier molecular flexibility index (Phi) is 6.53. The maximum atomic E-state index is 13.3. The number of aromatic amines is 1. The number of hydrogen-bond acceptors (Lipinski definition) is 2. The summed E-state index contributed by atoms with van der Waals surface area (Å²) in [5.41, 5.74) is 3.98. The summed E-state index contributed by atoms with van der Waals surface area (Å²) in [5, 5.41) is 4.83. The van der Waals surface area contributed by atoms with Gasteiger partial charge in [-0.2, -0.15) is 0 Å². The molecule has 3 aromatic rings. The molecule has 2 aromatic carbocycles. The molecule has 1 aliphatic heterocycles. The van der Waals surface area contributed by atoms with Crippen LogP contribution in [0.15, 0.2) is 48.5 Å². The van der Waals surface area contributed by atoms with Crippen molar-refractivity contribution in [3.8, 4) is 0 Å². The van der Waals surface area contributed by atoms with Gasteiger partial charge in [-0.25, -0.2) is 0 Å². The lowest BCUT2D eigenvalue weighted by molar-refractivity contribution is -0.134. The number of hydrogen-bond donors (Lipinski definition) is 2. The second-order valence-electron chi connectivity index (χ2n) is 9.90. The number of rotatable bonds is 5. The summed E-state index contributed by atoms with van der Waals surface area (Å²) < 4.78 is 0. The van der Waals surface area contributed by atoms with Gasteiger partial charge in [0.25, 0.3) is 0 Å². The Morgan fingerprint density at radius 3 is 2.55 bits per heavy atom. The summed E-state index contributed by atoms with van der Waals surface area (Å²) in [6.45, 7) is 8.81. The number of carbonyl (C=O) groups excluding carboxylic acids is 2. The lowest BCUT2D eigenvalue weighted by Crippen LogP contribution is -2.41. The molecule has 1 aromatic heterocycles. The van der Waals surface area contributed by atoms with Crippen molar-refractivity contribution in [1.82, 2.24) is 15.2 Å². The molecule has 2 heterocycles. The summed E-state index contributed by atoms with van der Waals surface area (Å²) >= 11 is 6.62. The van der Waals surface area contributed by atoms with E-state index < -0.39 is 5.41 Å². The zero-order valence-corrected chi connectivity index (χ0v) is 20.5. The summed E-state index contributed by atoms with van der Waals surface area (Å²) in [5.74, 6) is 0.0854. The highest BCUT2D eigenvalue weighted by molar-refractivity contribution is 6.31. The second kappa shape index (κ2) is 9.22. The molecule has 4 rings (SSSR count). The van der Waals surface area contributed by atoms with Gasteiger partial charge in [0.1, 0.15) is 0 Å². The summed E-state index contributed by atoms with van der Waals surface area (Å²) in [4.78, 5) is 30.9. The van der Waals surface area contributed by atoms with Crippen LogP contribution in [-0.4, -0.2) is 34.8 Å². The molecule has 2 atom stereocenters. The molecule has 0 saturated heterocycles. The number of para-hydroxylation sites is 1. The molecule has 0 fully saturated rings. The number of benzene rings is 2. The van der Waals surface area contributed by atoms with Crippen LogP contribution in [0.5, 0.6) is 0 Å². The Hall–Kier alpha value is -2.79. The molecule has 0 saturated carbocycles. The number of aromatic nitrogens is 1. The minimum Gasteiger partial charge on any atom is -0.356 e. The van der Waals surface area contributed by atoms with E-state index in [2.05, 4.69) is 35.4 Å². The highest BCUT2D eigenvalue weighted by atomic mass is 35.5. The third kappa shape index (κ3) is 4.65. The number of nitrogens with one attached hydrogen (secondary N) is 2. The summed E-state index contributed by atoms with van der Waals surface area (Å²) in [7, 11) is 0. The lowest BCUT2D eigenvalue weighted by atomic mass is 9.83. The van der Waals surface area contributed by atoms with E-state index in [1.807, 2.05) is 56.0 Å². The summed E-state index contributed by atoms with van der Waals surface area (Å²) in [6.07, 6.45) is 1.000. The van der Waals surface area contributed by atoms with E-state index in [9.17, 15) is 9.59 Å². The third-order valence-electron chi connectivity index (χ3n) is 6.52. The average Bonchev–Trinajstić information content (AvgIpc) is 3.17. The molecule has 1 aliphatic rings. The fraction of sp³-hybridized carbons (Fsp3) is 0.407. The first-order valence-electron chi connectivity index (χ1n) is 11.6. The Labute approximate surface area is 200 Å². The van der Waals surface area contributed by atoms with Gasteiger partial charge >= 0.3 is 0 Å². The third-order valence-corrected chi connectivity index (χ3v) is 6.87. The maximum absolute atomic E-state index is 13.3. The number of H-pyrrole nitrogens is 1. The van der Waals surface area contributed by atoms with Crippen molar-refractivity contribution in [1.29, 1.82) is 0 Å². The average molecular weight is 466 g/mol. The standard InChI is InChI=1S/C27H32ClN3O2/c1-17-25-24(19-11-6-8-13-22(19)30-25)20(18-10-5-7-12-21(18)28)16-31(17)23(32)14-9-15-29-26(33)27(2,3)4/h5-8,10-13,17,20,30H,9,14-16H2,1-4H3,(H,29,33). The number of amides is 2. The van der Waals surface area contributed by atoms with Gasteiger partial charge in [-0.3, -0.25) is 9.59 Å². The van der Waals surface area contributed by atoms with E-state index in [1.165, 1.54) is 10.9 Å². The molecular formula is C27H32ClN3O2. The predicted octanol–water partition coefficient (Wildman–Crippen LogP) is 5.80. The Balaban J connectivity index is 1.59. The quantitative estimate of drug-likeness (QED) is 0.468. The van der Waals surface area contributed by atoms with Crippen molar-refractivity contribution in [3.63, 3.8) is 0 Å². The van der Waals surface area contributed by atoms with E-state index in [-0.39, 0.29) is 23.8 Å². The lowest BCUT2D eigenvalue weighted by Gasteiger charge is -2.39. The summed E-state index contributed by atoms with van der Waals surface area (Å²) in [6, 6.07) is 16.1. The molecule has 0 spiro atoms. The zero-order valence-electron chi connectivity index (χ0n) is 19.7. The van der Waals surface area contributed by atoms with Crippen molar-refractivity contribution in [2.24, 2.45) is 5.41 Å². The smallest absolute Gasteiger partial charge is 0.225 e. The van der Waals surface area contributed by atoms with Gasteiger partial charge in [-0.15, -0.1) is 0 Å². The topological polar surface area (TPSA) is 65.2 Å². The van der Waals surface area contributed by atoms with Crippen LogP contribution in [0.4, 0.5) is 0 Å².